The maximum atomic E-state index is 14.3. The fourth-order valence-electron chi connectivity index (χ4n) is 7.38. The zero-order valence-corrected chi connectivity index (χ0v) is 27.6. The average Bonchev–Trinajstić information content (AvgIpc) is 3.14. The molecule has 0 bridgehead atoms. The van der Waals surface area contributed by atoms with Crippen molar-refractivity contribution in [2.75, 3.05) is 28.9 Å². The molecular weight excluding hydrogens is 622 g/mol. The van der Waals surface area contributed by atoms with Crippen molar-refractivity contribution in [3.05, 3.63) is 131 Å². The number of carbonyl (C=O) groups is 1. The topological polar surface area (TPSA) is 104 Å². The first kappa shape index (κ1) is 29.9. The average molecular weight is 654 g/mol. The number of allylic oxidation sites excluding steroid dienone is 2. The van der Waals surface area contributed by atoms with Gasteiger partial charge in [0.25, 0.3) is 0 Å². The summed E-state index contributed by atoms with van der Waals surface area (Å²) in [7, 11) is 0. The van der Waals surface area contributed by atoms with Crippen LogP contribution in [0.25, 0.3) is 32.7 Å². The molecule has 6 aromatic rings. The van der Waals surface area contributed by atoms with Crippen molar-refractivity contribution >= 4 is 80.4 Å². The van der Waals surface area contributed by atoms with Gasteiger partial charge in [-0.2, -0.15) is 0 Å². The highest BCUT2D eigenvalue weighted by Crippen LogP contribution is 2.45. The number of ether oxygens (including phenoxy) is 2. The number of Topliss-reactive ketones (excluding diaryl/α,β-unsaturated/α-hetero) is 1. The lowest BCUT2D eigenvalue weighted by atomic mass is 9.65. The van der Waals surface area contributed by atoms with Crippen LogP contribution in [-0.4, -0.2) is 38.1 Å². The maximum Gasteiger partial charge on any atom is 0.427 e. The van der Waals surface area contributed by atoms with Gasteiger partial charge in [-0.25, -0.2) is 0 Å². The monoisotopic (exact) mass is 654 g/mol. The summed E-state index contributed by atoms with van der Waals surface area (Å²) < 4.78 is 11.3. The van der Waals surface area contributed by atoms with Gasteiger partial charge < -0.3 is 35.2 Å². The highest BCUT2D eigenvalue weighted by atomic mass is 16.5. The van der Waals surface area contributed by atoms with Gasteiger partial charge in [0, 0.05) is 38.6 Å². The molecule has 0 fully saturated rings. The minimum absolute atomic E-state index is 0.0273. The molecule has 0 radical (unpaired) electrons. The third kappa shape index (κ3) is 4.70. The van der Waals surface area contributed by atoms with Crippen LogP contribution in [0, 0.1) is 0 Å². The number of hydrogen-bond donors (Lipinski definition) is 4. The van der Waals surface area contributed by atoms with E-state index in [-0.39, 0.29) is 31.1 Å². The summed E-state index contributed by atoms with van der Waals surface area (Å²) in [6.07, 6.45) is 0. The normalized spacial score (nSPS) is 15.6. The van der Waals surface area contributed by atoms with E-state index in [1.165, 1.54) is 0 Å². The molecule has 1 aliphatic carbocycles. The third-order valence-corrected chi connectivity index (χ3v) is 9.70. The summed E-state index contributed by atoms with van der Waals surface area (Å²) >= 11 is 0. The molecule has 8 nitrogen and oxygen atoms in total. The minimum Gasteiger partial charge on any atom is -0.506 e. The second kappa shape index (κ2) is 11.8. The molecule has 0 amide bonds. The van der Waals surface area contributed by atoms with Crippen LogP contribution >= 0.6 is 0 Å². The molecule has 6 aromatic carbocycles. The predicted molar refractivity (Wildman–Crippen MR) is 204 cm³/mol. The predicted octanol–water partition coefficient (Wildman–Crippen LogP) is 5.17. The molecule has 0 unspecified atom stereocenters. The Kier molecular flexibility index (Phi) is 7.05. The Morgan fingerprint density at radius 1 is 0.660 bits per heavy atom. The van der Waals surface area contributed by atoms with E-state index in [0.29, 0.717) is 34.9 Å². The van der Waals surface area contributed by atoms with Crippen molar-refractivity contribution in [2.24, 2.45) is 4.90 Å². The number of ketones is 1. The van der Waals surface area contributed by atoms with Crippen molar-refractivity contribution in [3.63, 3.8) is 0 Å². The van der Waals surface area contributed by atoms with Gasteiger partial charge in [-0.3, -0.25) is 4.79 Å². The van der Waals surface area contributed by atoms with Crippen LogP contribution in [0.15, 0.2) is 120 Å². The molecule has 0 atom stereocenters. The SMILES string of the molecule is CCOc1ccc(B2N=c3/c(=C4\C(=O)C(c5ccc6cccc7c6c5NB(c5ccc(OCC)cc5)N7)=C4O)ccc4cccc(c34)N2)cc1. The van der Waals surface area contributed by atoms with Gasteiger partial charge >= 0.3 is 14.0 Å². The van der Waals surface area contributed by atoms with Crippen LogP contribution in [0.5, 0.6) is 11.5 Å². The van der Waals surface area contributed by atoms with Crippen molar-refractivity contribution < 1.29 is 19.4 Å². The highest BCUT2D eigenvalue weighted by molar-refractivity contribution is 6.80. The molecule has 0 saturated carbocycles. The van der Waals surface area contributed by atoms with Gasteiger partial charge in [-0.15, -0.1) is 0 Å². The Bertz CT molecular complexity index is 2540. The lowest BCUT2D eigenvalue weighted by Crippen LogP contribution is -2.48. The zero-order valence-electron chi connectivity index (χ0n) is 27.6. The Hall–Kier alpha value is -6.15. The molecule has 2 heterocycles. The standard InChI is InChI=1S/C40H32B2N4O4/c1-3-49-27-17-13-25(14-18-27)41-43-31-9-5-7-23-11-21-29(37(45-41)33(23)31)35-39(47)36(40(35)48)30-22-12-24-8-6-10-32-34(24)38(30)46-42(44-32)26-15-19-28(20-16-26)50-4-2/h5-22,43-45,47H,3-4H2,1-2H3/b36-30-. The number of benzene rings is 6. The number of hydrogen-bond acceptors (Lipinski definition) is 8. The van der Waals surface area contributed by atoms with E-state index < -0.39 is 0 Å². The molecular formula is C40H32B2N4O4. The van der Waals surface area contributed by atoms with Gasteiger partial charge in [-0.05, 0) is 71.9 Å². The summed E-state index contributed by atoms with van der Waals surface area (Å²) in [6, 6.07) is 35.8. The zero-order chi connectivity index (χ0) is 33.9. The van der Waals surface area contributed by atoms with Crippen molar-refractivity contribution in [3.8, 4) is 11.5 Å². The molecule has 0 spiro atoms. The van der Waals surface area contributed by atoms with Gasteiger partial charge in [-0.1, -0.05) is 72.8 Å². The smallest absolute Gasteiger partial charge is 0.427 e. The molecule has 9 rings (SSSR count). The molecule has 0 saturated heterocycles. The highest BCUT2D eigenvalue weighted by Gasteiger charge is 2.39. The van der Waals surface area contributed by atoms with Crippen LogP contribution in [-0.2, 0) is 4.79 Å². The lowest BCUT2D eigenvalue weighted by molar-refractivity contribution is -0.109. The molecule has 4 N–H and O–H groups in total. The van der Waals surface area contributed by atoms with Crippen molar-refractivity contribution in [1.82, 2.24) is 0 Å². The Labute approximate surface area is 289 Å². The molecule has 2 aliphatic heterocycles. The summed E-state index contributed by atoms with van der Waals surface area (Å²) in [5.74, 6) is 1.36. The number of nitrogens with zero attached hydrogens (tertiary/aromatic N) is 1. The Morgan fingerprint density at radius 3 is 1.94 bits per heavy atom. The number of anilines is 3. The summed E-state index contributed by atoms with van der Waals surface area (Å²) in [5.41, 5.74) is 5.89. The van der Waals surface area contributed by atoms with E-state index in [0.717, 1.165) is 61.0 Å². The number of nitrogens with one attached hydrogen (secondary N) is 3. The summed E-state index contributed by atoms with van der Waals surface area (Å²) in [5, 5.41) is 27.9. The van der Waals surface area contributed by atoms with E-state index in [2.05, 4.69) is 21.7 Å². The fraction of sp³-hybridized carbons (Fsp3) is 0.100. The van der Waals surface area contributed by atoms with E-state index in [1.54, 1.807) is 0 Å². The van der Waals surface area contributed by atoms with Crippen LogP contribution in [0.4, 0.5) is 17.1 Å². The van der Waals surface area contributed by atoms with Gasteiger partial charge in [0.1, 0.15) is 17.3 Å². The largest absolute Gasteiger partial charge is 0.506 e. The Balaban J connectivity index is 1.18. The van der Waals surface area contributed by atoms with Crippen LogP contribution < -0.4 is 46.7 Å². The first-order valence-electron chi connectivity index (χ1n) is 17.0. The van der Waals surface area contributed by atoms with E-state index in [1.807, 2.05) is 117 Å². The number of aliphatic hydroxyl groups excluding tert-OH is 1. The first-order chi connectivity index (χ1) is 24.5. The van der Waals surface area contributed by atoms with Crippen LogP contribution in [0.1, 0.15) is 19.4 Å². The van der Waals surface area contributed by atoms with Gasteiger partial charge in [0.2, 0.25) is 5.78 Å². The summed E-state index contributed by atoms with van der Waals surface area (Å²) in [4.78, 5) is 19.5. The quantitative estimate of drug-likeness (QED) is 0.176. The second-order valence-corrected chi connectivity index (χ2v) is 12.6. The number of aliphatic hydroxyl groups is 1. The minimum atomic E-state index is -0.383. The van der Waals surface area contributed by atoms with Crippen molar-refractivity contribution in [1.29, 1.82) is 0 Å². The molecule has 3 aliphatic rings. The molecule has 10 heteroatoms. The molecule has 242 valence electrons. The number of carbonyl (C=O) groups excluding carboxylic acids is 1. The molecule has 50 heavy (non-hydrogen) atoms. The van der Waals surface area contributed by atoms with E-state index >= 15 is 0 Å². The molecule has 0 aromatic heterocycles. The van der Waals surface area contributed by atoms with E-state index in [9.17, 15) is 9.90 Å². The van der Waals surface area contributed by atoms with Crippen LogP contribution in [0.2, 0.25) is 0 Å². The van der Waals surface area contributed by atoms with Gasteiger partial charge in [0.15, 0.2) is 0 Å². The van der Waals surface area contributed by atoms with E-state index in [4.69, 9.17) is 14.4 Å². The maximum absolute atomic E-state index is 14.3. The number of rotatable bonds is 7. The Morgan fingerprint density at radius 2 is 1.28 bits per heavy atom. The van der Waals surface area contributed by atoms with Crippen LogP contribution in [0.3, 0.4) is 0 Å². The first-order valence-corrected chi connectivity index (χ1v) is 17.0. The lowest BCUT2D eigenvalue weighted by Gasteiger charge is -2.31. The second-order valence-electron chi connectivity index (χ2n) is 12.6. The third-order valence-electron chi connectivity index (χ3n) is 9.70. The van der Waals surface area contributed by atoms with Gasteiger partial charge in [0.05, 0.1) is 29.7 Å². The van der Waals surface area contributed by atoms with Crippen molar-refractivity contribution in [2.45, 2.75) is 13.8 Å². The summed E-state index contributed by atoms with van der Waals surface area (Å²) in [6.45, 7) is 4.46. The fourth-order valence-corrected chi connectivity index (χ4v) is 7.38.